The van der Waals surface area contributed by atoms with Crippen LogP contribution in [-0.4, -0.2) is 43.2 Å². The van der Waals surface area contributed by atoms with Gasteiger partial charge in [0.25, 0.3) is 5.91 Å². The molecule has 0 spiro atoms. The number of ether oxygens (including phenoxy) is 1. The van der Waals surface area contributed by atoms with Crippen molar-refractivity contribution in [3.05, 3.63) is 53.6 Å². The third-order valence-electron chi connectivity index (χ3n) is 3.62. The molecule has 0 fully saturated rings. The van der Waals surface area contributed by atoms with E-state index in [1.54, 1.807) is 36.0 Å². The second kappa shape index (κ2) is 9.66. The summed E-state index contributed by atoms with van der Waals surface area (Å²) in [7, 11) is 3.96. The molecule has 0 radical (unpaired) electrons. The first kappa shape index (κ1) is 22.6. The van der Waals surface area contributed by atoms with Crippen molar-refractivity contribution < 1.29 is 22.7 Å². The van der Waals surface area contributed by atoms with Crippen LogP contribution < -0.4 is 16.2 Å². The maximum atomic E-state index is 13.4. The normalized spacial score (nSPS) is 11.4. The smallest absolute Gasteiger partial charge is 0.420 e. The van der Waals surface area contributed by atoms with E-state index >= 15 is 0 Å². The lowest BCUT2D eigenvalue weighted by Crippen LogP contribution is -2.24. The highest BCUT2D eigenvalue weighted by molar-refractivity contribution is 7.99. The molecule has 29 heavy (non-hydrogen) atoms. The van der Waals surface area contributed by atoms with E-state index in [4.69, 9.17) is 16.2 Å². The summed E-state index contributed by atoms with van der Waals surface area (Å²) in [5, 5.41) is 0. The first-order chi connectivity index (χ1) is 13.6. The summed E-state index contributed by atoms with van der Waals surface area (Å²) < 4.78 is 45.7. The van der Waals surface area contributed by atoms with E-state index in [9.17, 15) is 18.0 Å². The fourth-order valence-corrected chi connectivity index (χ4v) is 3.25. The number of hydrogen-bond acceptors (Lipinski definition) is 4. The van der Waals surface area contributed by atoms with E-state index in [2.05, 4.69) is 9.89 Å². The van der Waals surface area contributed by atoms with Gasteiger partial charge in [0.05, 0.1) is 5.56 Å². The van der Waals surface area contributed by atoms with E-state index in [0.717, 1.165) is 23.3 Å². The molecular weight excluding hydrogens is 405 g/mol. The zero-order valence-corrected chi connectivity index (χ0v) is 16.7. The molecular formula is C19H21F3N4O2S. The average Bonchev–Trinajstić information content (AvgIpc) is 2.61. The van der Waals surface area contributed by atoms with Crippen LogP contribution in [-0.2, 0) is 6.18 Å². The highest BCUT2D eigenvalue weighted by Crippen LogP contribution is 2.39. The van der Waals surface area contributed by atoms with E-state index in [1.807, 2.05) is 14.1 Å². The molecule has 0 heterocycles. The van der Waals surface area contributed by atoms with Gasteiger partial charge in [0, 0.05) is 22.8 Å². The highest BCUT2D eigenvalue weighted by atomic mass is 32.2. The van der Waals surface area contributed by atoms with Crippen molar-refractivity contribution in [1.29, 1.82) is 0 Å². The predicted molar refractivity (Wildman–Crippen MR) is 107 cm³/mol. The van der Waals surface area contributed by atoms with Crippen molar-refractivity contribution in [2.45, 2.75) is 11.1 Å². The van der Waals surface area contributed by atoms with Gasteiger partial charge < -0.3 is 21.1 Å². The number of thioether (sulfide) groups is 1. The summed E-state index contributed by atoms with van der Waals surface area (Å²) in [5.74, 6) is -0.799. The zero-order valence-electron chi connectivity index (χ0n) is 15.9. The quantitative estimate of drug-likeness (QED) is 0.399. The number of nitrogens with two attached hydrogens (primary N) is 2. The molecule has 156 valence electrons. The number of alkyl halides is 3. The number of rotatable bonds is 7. The minimum atomic E-state index is -4.73. The summed E-state index contributed by atoms with van der Waals surface area (Å²) in [6.07, 6.45) is -4.73. The summed E-state index contributed by atoms with van der Waals surface area (Å²) in [6, 6.07) is 9.64. The Balaban J connectivity index is 2.21. The molecule has 0 aliphatic carbocycles. The molecule has 0 bridgehead atoms. The molecule has 2 aromatic rings. The third-order valence-corrected chi connectivity index (χ3v) is 4.61. The van der Waals surface area contributed by atoms with Crippen LogP contribution in [0.25, 0.3) is 0 Å². The fraction of sp³-hybridized carbons (Fsp3) is 0.263. The van der Waals surface area contributed by atoms with Gasteiger partial charge >= 0.3 is 6.18 Å². The molecule has 0 unspecified atom stereocenters. The molecule has 6 nitrogen and oxygen atoms in total. The standard InChI is InChI=1S/C19H21F3N4O2S/c1-26(2)9-10-29-14-6-4-13(5-7-14)28-16-8-3-12(17(27)25-18(23)24)11-15(16)19(20,21)22/h3-8,11H,9-10H2,1-2H3,(H4,23,24,25,27). The first-order valence-electron chi connectivity index (χ1n) is 8.47. The number of halogens is 3. The van der Waals surface area contributed by atoms with Gasteiger partial charge in [0.2, 0.25) is 0 Å². The number of hydrogen-bond donors (Lipinski definition) is 2. The van der Waals surface area contributed by atoms with E-state index in [1.165, 1.54) is 6.07 Å². The van der Waals surface area contributed by atoms with Crippen LogP contribution in [0, 0.1) is 0 Å². The fourth-order valence-electron chi connectivity index (χ4n) is 2.23. The Hall–Kier alpha value is -2.72. The Morgan fingerprint density at radius 2 is 1.79 bits per heavy atom. The zero-order chi connectivity index (χ0) is 21.6. The van der Waals surface area contributed by atoms with Crippen LogP contribution >= 0.6 is 11.8 Å². The molecule has 2 aromatic carbocycles. The molecule has 10 heteroatoms. The monoisotopic (exact) mass is 426 g/mol. The Morgan fingerprint density at radius 1 is 1.14 bits per heavy atom. The topological polar surface area (TPSA) is 93.9 Å². The maximum Gasteiger partial charge on any atom is 0.420 e. The minimum absolute atomic E-state index is 0.246. The van der Waals surface area contributed by atoms with Gasteiger partial charge in [-0.3, -0.25) is 4.79 Å². The van der Waals surface area contributed by atoms with E-state index in [-0.39, 0.29) is 11.3 Å². The van der Waals surface area contributed by atoms with Crippen LogP contribution in [0.15, 0.2) is 52.4 Å². The lowest BCUT2D eigenvalue weighted by atomic mass is 10.1. The van der Waals surface area contributed by atoms with Crippen LogP contribution in [0.2, 0.25) is 0 Å². The van der Waals surface area contributed by atoms with Crippen molar-refractivity contribution in [2.75, 3.05) is 26.4 Å². The number of nitrogens with zero attached hydrogens (tertiary/aromatic N) is 2. The molecule has 0 atom stereocenters. The lowest BCUT2D eigenvalue weighted by Gasteiger charge is -2.15. The first-order valence-corrected chi connectivity index (χ1v) is 9.45. The molecule has 4 N–H and O–H groups in total. The van der Waals surface area contributed by atoms with Crippen molar-refractivity contribution >= 4 is 23.6 Å². The second-order valence-corrected chi connectivity index (χ2v) is 7.44. The Labute approximate surface area is 170 Å². The SMILES string of the molecule is CN(C)CCSc1ccc(Oc2ccc(C(=O)N=C(N)N)cc2C(F)(F)F)cc1. The Morgan fingerprint density at radius 3 is 2.34 bits per heavy atom. The number of carbonyl (C=O) groups is 1. The minimum Gasteiger partial charge on any atom is -0.457 e. The summed E-state index contributed by atoms with van der Waals surface area (Å²) in [6.45, 7) is 0.906. The third kappa shape index (κ3) is 6.99. The predicted octanol–water partition coefficient (Wildman–Crippen LogP) is 3.57. The number of guanidine groups is 1. The van der Waals surface area contributed by atoms with Gasteiger partial charge in [-0.05, 0) is 56.6 Å². The van der Waals surface area contributed by atoms with Gasteiger partial charge in [0.1, 0.15) is 11.5 Å². The largest absolute Gasteiger partial charge is 0.457 e. The molecule has 0 aromatic heterocycles. The van der Waals surface area contributed by atoms with E-state index < -0.39 is 29.4 Å². The summed E-state index contributed by atoms with van der Waals surface area (Å²) in [5.41, 5.74) is 8.80. The lowest BCUT2D eigenvalue weighted by molar-refractivity contribution is -0.138. The van der Waals surface area contributed by atoms with Crippen LogP contribution in [0.5, 0.6) is 11.5 Å². The second-order valence-electron chi connectivity index (χ2n) is 6.28. The number of aliphatic imine (C=N–C) groups is 1. The van der Waals surface area contributed by atoms with Gasteiger partial charge in [-0.25, -0.2) is 0 Å². The molecule has 2 rings (SSSR count). The number of amides is 1. The van der Waals surface area contributed by atoms with Gasteiger partial charge in [0.15, 0.2) is 5.96 Å². The molecule has 0 saturated carbocycles. The van der Waals surface area contributed by atoms with Crippen LogP contribution in [0.4, 0.5) is 13.2 Å². The number of carbonyl (C=O) groups excluding carboxylic acids is 1. The average molecular weight is 426 g/mol. The van der Waals surface area contributed by atoms with Gasteiger partial charge in [-0.1, -0.05) is 0 Å². The molecule has 1 amide bonds. The Kier molecular flexibility index (Phi) is 7.52. The van der Waals surface area contributed by atoms with Crippen molar-refractivity contribution in [3.8, 4) is 11.5 Å². The van der Waals surface area contributed by atoms with Gasteiger partial charge in [-0.15, -0.1) is 11.8 Å². The number of benzene rings is 2. The van der Waals surface area contributed by atoms with E-state index in [0.29, 0.717) is 6.07 Å². The molecule has 0 saturated heterocycles. The summed E-state index contributed by atoms with van der Waals surface area (Å²) in [4.78, 5) is 18.1. The van der Waals surface area contributed by atoms with Crippen molar-refractivity contribution in [2.24, 2.45) is 16.5 Å². The van der Waals surface area contributed by atoms with Crippen LogP contribution in [0.1, 0.15) is 15.9 Å². The maximum absolute atomic E-state index is 13.4. The molecule has 0 aliphatic rings. The Bertz CT molecular complexity index is 880. The van der Waals surface area contributed by atoms with Gasteiger partial charge in [-0.2, -0.15) is 18.2 Å². The van der Waals surface area contributed by atoms with Crippen LogP contribution in [0.3, 0.4) is 0 Å². The summed E-state index contributed by atoms with van der Waals surface area (Å²) >= 11 is 1.63. The highest BCUT2D eigenvalue weighted by Gasteiger charge is 2.35. The van der Waals surface area contributed by atoms with Crippen molar-refractivity contribution in [3.63, 3.8) is 0 Å². The molecule has 0 aliphatic heterocycles. The van der Waals surface area contributed by atoms with Crippen molar-refractivity contribution in [1.82, 2.24) is 4.90 Å².